The third-order valence-electron chi connectivity index (χ3n) is 2.24. The van der Waals surface area contributed by atoms with Crippen LogP contribution < -0.4 is 16.6 Å². The molecule has 6 heteroatoms. The van der Waals surface area contributed by atoms with E-state index >= 15 is 0 Å². The van der Waals surface area contributed by atoms with Crippen LogP contribution in [0.4, 0.5) is 0 Å². The highest BCUT2D eigenvalue weighted by Gasteiger charge is 2.05. The highest BCUT2D eigenvalue weighted by atomic mass is 16.2. The molecule has 6 nitrogen and oxygen atoms in total. The van der Waals surface area contributed by atoms with Gasteiger partial charge in [-0.2, -0.15) is 0 Å². The Labute approximate surface area is 98.2 Å². The molecule has 0 aliphatic carbocycles. The van der Waals surface area contributed by atoms with Gasteiger partial charge in [-0.25, -0.2) is 4.79 Å². The van der Waals surface area contributed by atoms with Crippen LogP contribution in [0.1, 0.15) is 6.42 Å². The number of carbonyl (C=O) groups excluding carboxylic acids is 1. The maximum atomic E-state index is 11.6. The van der Waals surface area contributed by atoms with E-state index in [0.717, 1.165) is 4.57 Å². The Morgan fingerprint density at radius 3 is 2.88 bits per heavy atom. The first-order chi connectivity index (χ1) is 8.06. The molecule has 92 valence electrons. The van der Waals surface area contributed by atoms with Gasteiger partial charge in [-0.15, -0.1) is 6.58 Å². The lowest BCUT2D eigenvalue weighted by molar-refractivity contribution is -0.121. The summed E-state index contributed by atoms with van der Waals surface area (Å²) in [6, 6.07) is 1.25. The Morgan fingerprint density at radius 2 is 2.24 bits per heavy atom. The molecule has 0 unspecified atom stereocenters. The molecule has 0 spiro atoms. The molecular weight excluding hydrogens is 222 g/mol. The van der Waals surface area contributed by atoms with Crippen LogP contribution in [-0.2, 0) is 18.4 Å². The number of hydrogen-bond donors (Lipinski definition) is 1. The van der Waals surface area contributed by atoms with Gasteiger partial charge >= 0.3 is 5.69 Å². The SMILES string of the molecule is C=CCCNC(=O)Cn1ccc(=O)n(C)c1=O. The number of amides is 1. The third-order valence-corrected chi connectivity index (χ3v) is 2.24. The molecule has 1 N–H and O–H groups in total. The van der Waals surface area contributed by atoms with Crippen LogP contribution in [0.5, 0.6) is 0 Å². The molecule has 1 heterocycles. The first kappa shape index (κ1) is 13.0. The van der Waals surface area contributed by atoms with Crippen molar-refractivity contribution in [2.24, 2.45) is 7.05 Å². The average molecular weight is 237 g/mol. The van der Waals surface area contributed by atoms with Gasteiger partial charge in [0.25, 0.3) is 5.56 Å². The van der Waals surface area contributed by atoms with E-state index in [1.807, 2.05) is 0 Å². The summed E-state index contributed by atoms with van der Waals surface area (Å²) in [6.07, 6.45) is 3.68. The first-order valence-electron chi connectivity index (χ1n) is 5.20. The van der Waals surface area contributed by atoms with Gasteiger partial charge in [-0.1, -0.05) is 6.08 Å². The molecular formula is C11H15N3O3. The zero-order chi connectivity index (χ0) is 12.8. The third kappa shape index (κ3) is 3.44. The molecule has 1 aromatic heterocycles. The van der Waals surface area contributed by atoms with Crippen molar-refractivity contribution in [1.82, 2.24) is 14.5 Å². The van der Waals surface area contributed by atoms with Gasteiger partial charge in [0.1, 0.15) is 6.54 Å². The van der Waals surface area contributed by atoms with Gasteiger partial charge in [0, 0.05) is 25.9 Å². The van der Waals surface area contributed by atoms with E-state index in [1.54, 1.807) is 6.08 Å². The van der Waals surface area contributed by atoms with Gasteiger partial charge in [0.2, 0.25) is 5.91 Å². The van der Waals surface area contributed by atoms with Crippen molar-refractivity contribution in [3.05, 3.63) is 45.8 Å². The smallest absolute Gasteiger partial charge is 0.331 e. The Bertz CT molecular complexity index is 527. The monoisotopic (exact) mass is 237 g/mol. The van der Waals surface area contributed by atoms with Gasteiger partial charge in [0.15, 0.2) is 0 Å². The molecule has 0 bridgehead atoms. The molecule has 0 aliphatic heterocycles. The second-order valence-corrected chi connectivity index (χ2v) is 3.55. The number of carbonyl (C=O) groups is 1. The van der Waals surface area contributed by atoms with Crippen LogP contribution in [0, 0.1) is 0 Å². The number of nitrogens with zero attached hydrogens (tertiary/aromatic N) is 2. The molecule has 0 aromatic carbocycles. The zero-order valence-corrected chi connectivity index (χ0v) is 9.68. The van der Waals surface area contributed by atoms with E-state index in [1.165, 1.54) is 23.9 Å². The predicted molar refractivity (Wildman–Crippen MR) is 63.8 cm³/mol. The van der Waals surface area contributed by atoms with E-state index in [2.05, 4.69) is 11.9 Å². The lowest BCUT2D eigenvalue weighted by atomic mass is 10.4. The first-order valence-corrected chi connectivity index (χ1v) is 5.20. The van der Waals surface area contributed by atoms with Gasteiger partial charge in [0.05, 0.1) is 0 Å². The fraction of sp³-hybridized carbons (Fsp3) is 0.364. The molecule has 0 saturated carbocycles. The van der Waals surface area contributed by atoms with Crippen LogP contribution in [-0.4, -0.2) is 21.6 Å². The van der Waals surface area contributed by atoms with Crippen molar-refractivity contribution in [2.75, 3.05) is 6.54 Å². The topological polar surface area (TPSA) is 73.1 Å². The maximum Gasteiger partial charge on any atom is 0.331 e. The van der Waals surface area contributed by atoms with E-state index in [9.17, 15) is 14.4 Å². The number of hydrogen-bond acceptors (Lipinski definition) is 3. The Hall–Kier alpha value is -2.11. The summed E-state index contributed by atoms with van der Waals surface area (Å²) in [6.45, 7) is 3.93. The summed E-state index contributed by atoms with van der Waals surface area (Å²) < 4.78 is 2.14. The van der Waals surface area contributed by atoms with E-state index in [0.29, 0.717) is 13.0 Å². The summed E-state index contributed by atoms with van der Waals surface area (Å²) in [4.78, 5) is 34.2. The van der Waals surface area contributed by atoms with Gasteiger partial charge < -0.3 is 5.32 Å². The van der Waals surface area contributed by atoms with E-state index in [4.69, 9.17) is 0 Å². The number of rotatable bonds is 5. The largest absolute Gasteiger partial charge is 0.354 e. The van der Waals surface area contributed by atoms with Crippen LogP contribution in [0.15, 0.2) is 34.5 Å². The summed E-state index contributed by atoms with van der Waals surface area (Å²) in [7, 11) is 1.37. The zero-order valence-electron chi connectivity index (χ0n) is 9.68. The van der Waals surface area contributed by atoms with Crippen LogP contribution in [0.25, 0.3) is 0 Å². The maximum absolute atomic E-state index is 11.6. The molecule has 0 saturated heterocycles. The average Bonchev–Trinajstić information content (AvgIpc) is 2.30. The van der Waals surface area contributed by atoms with Crippen molar-refractivity contribution >= 4 is 5.91 Å². The van der Waals surface area contributed by atoms with Crippen molar-refractivity contribution < 1.29 is 4.79 Å². The highest BCUT2D eigenvalue weighted by molar-refractivity contribution is 5.75. The second kappa shape index (κ2) is 5.83. The molecule has 17 heavy (non-hydrogen) atoms. The predicted octanol–water partition coefficient (Wildman–Crippen LogP) is -0.761. The summed E-state index contributed by atoms with van der Waals surface area (Å²) in [5, 5.41) is 2.64. The lowest BCUT2D eigenvalue weighted by Crippen LogP contribution is -2.40. The minimum atomic E-state index is -0.503. The summed E-state index contributed by atoms with van der Waals surface area (Å²) >= 11 is 0. The van der Waals surface area contributed by atoms with Crippen LogP contribution >= 0.6 is 0 Å². The van der Waals surface area contributed by atoms with Crippen molar-refractivity contribution in [1.29, 1.82) is 0 Å². The summed E-state index contributed by atoms with van der Waals surface area (Å²) in [5.41, 5.74) is -0.894. The van der Waals surface area contributed by atoms with Crippen molar-refractivity contribution in [2.45, 2.75) is 13.0 Å². The second-order valence-electron chi connectivity index (χ2n) is 3.55. The van der Waals surface area contributed by atoms with Crippen LogP contribution in [0.2, 0.25) is 0 Å². The molecule has 0 aliphatic rings. The number of aromatic nitrogens is 2. The Morgan fingerprint density at radius 1 is 1.53 bits per heavy atom. The van der Waals surface area contributed by atoms with E-state index < -0.39 is 11.2 Å². The van der Waals surface area contributed by atoms with Crippen molar-refractivity contribution in [3.63, 3.8) is 0 Å². The number of nitrogens with one attached hydrogen (secondary N) is 1. The fourth-order valence-corrected chi connectivity index (χ4v) is 1.26. The molecule has 1 amide bonds. The van der Waals surface area contributed by atoms with Crippen LogP contribution in [0.3, 0.4) is 0 Å². The summed E-state index contributed by atoms with van der Waals surface area (Å²) in [5.74, 6) is -0.271. The molecule has 0 fully saturated rings. The van der Waals surface area contributed by atoms with Gasteiger partial charge in [-0.05, 0) is 6.42 Å². The minimum absolute atomic E-state index is 0.0932. The van der Waals surface area contributed by atoms with Crippen molar-refractivity contribution in [3.8, 4) is 0 Å². The lowest BCUT2D eigenvalue weighted by Gasteiger charge is -2.07. The normalized spacial score (nSPS) is 9.94. The van der Waals surface area contributed by atoms with E-state index in [-0.39, 0.29) is 12.5 Å². The highest BCUT2D eigenvalue weighted by Crippen LogP contribution is 1.81. The Balaban J connectivity index is 2.73. The molecule has 1 aromatic rings. The molecule has 0 atom stereocenters. The quantitative estimate of drug-likeness (QED) is 0.540. The molecule has 0 radical (unpaired) electrons. The minimum Gasteiger partial charge on any atom is -0.354 e. The Kier molecular flexibility index (Phi) is 4.45. The van der Waals surface area contributed by atoms with Gasteiger partial charge in [-0.3, -0.25) is 18.7 Å². The molecule has 1 rings (SSSR count). The standard InChI is InChI=1S/C11H15N3O3/c1-3-4-6-12-9(15)8-14-7-5-10(16)13(2)11(14)17/h3,5,7H,1,4,6,8H2,2H3,(H,12,15). The fourth-order valence-electron chi connectivity index (χ4n) is 1.26.